The van der Waals surface area contributed by atoms with Gasteiger partial charge in [0.05, 0.1) is 5.56 Å². The smallest absolute Gasteiger partial charge is 0.195 e. The zero-order chi connectivity index (χ0) is 11.5. The molecule has 0 unspecified atom stereocenters. The highest BCUT2D eigenvalue weighted by Crippen LogP contribution is 2.10. The number of nitrogens with one attached hydrogen (secondary N) is 1. The summed E-state index contributed by atoms with van der Waals surface area (Å²) in [4.78, 5) is 14.8. The molecular weight excluding hydrogens is 225 g/mol. The molecule has 16 heavy (non-hydrogen) atoms. The van der Waals surface area contributed by atoms with Crippen molar-refractivity contribution in [2.45, 2.75) is 0 Å². The molecule has 0 amide bonds. The minimum Gasteiger partial charge on any atom is -0.352 e. The maximum Gasteiger partial charge on any atom is 0.195 e. The predicted molar refractivity (Wildman–Crippen MR) is 61.5 cm³/mol. The largest absolute Gasteiger partial charge is 0.352 e. The first-order valence-electron chi connectivity index (χ1n) is 4.66. The van der Waals surface area contributed by atoms with Gasteiger partial charge in [0.2, 0.25) is 0 Å². The maximum absolute atomic E-state index is 12.7. The Morgan fingerprint density at radius 3 is 2.50 bits per heavy atom. The molecule has 2 rings (SSSR count). The average molecular weight is 233 g/mol. The van der Waals surface area contributed by atoms with Crippen LogP contribution in [0, 0.1) is 10.5 Å². The Labute approximate surface area is 96.8 Å². The number of halogens is 1. The molecule has 0 atom stereocenters. The molecule has 0 bridgehead atoms. The number of ketones is 1. The number of rotatable bonds is 2. The van der Waals surface area contributed by atoms with Crippen LogP contribution in [0.1, 0.15) is 15.9 Å². The van der Waals surface area contributed by atoms with Gasteiger partial charge in [0.1, 0.15) is 10.5 Å². The third-order valence-corrected chi connectivity index (χ3v) is 2.51. The number of carbonyl (C=O) groups is 1. The quantitative estimate of drug-likeness (QED) is 0.638. The predicted octanol–water partition coefficient (Wildman–Crippen LogP) is 3.11. The third-order valence-electron chi connectivity index (χ3n) is 2.17. The topological polar surface area (TPSA) is 32.9 Å². The molecule has 0 saturated carbocycles. The molecule has 0 aliphatic heterocycles. The zero-order valence-corrected chi connectivity index (χ0v) is 9.05. The normalized spacial score (nSPS) is 10.1. The number of hydrogen-bond acceptors (Lipinski definition) is 2. The highest BCUT2D eigenvalue weighted by molar-refractivity contribution is 7.71. The SMILES string of the molecule is O=C(c1ccc(F)cc1)c1ccc[nH]c1=S. The molecule has 0 aliphatic carbocycles. The average Bonchev–Trinajstić information content (AvgIpc) is 2.30. The van der Waals surface area contributed by atoms with E-state index in [1.807, 2.05) is 0 Å². The molecule has 2 aromatic rings. The molecular formula is C12H8FNOS. The summed E-state index contributed by atoms with van der Waals surface area (Å²) in [5.74, 6) is -0.573. The van der Waals surface area contributed by atoms with Crippen LogP contribution < -0.4 is 0 Å². The fourth-order valence-corrected chi connectivity index (χ4v) is 1.59. The maximum atomic E-state index is 12.7. The molecule has 0 radical (unpaired) electrons. The van der Waals surface area contributed by atoms with Crippen LogP contribution >= 0.6 is 12.2 Å². The highest BCUT2D eigenvalue weighted by atomic mass is 32.1. The fraction of sp³-hybridized carbons (Fsp3) is 0. The summed E-state index contributed by atoms with van der Waals surface area (Å²) >= 11 is 5.00. The summed E-state index contributed by atoms with van der Waals surface area (Å²) in [6.07, 6.45) is 1.66. The summed E-state index contributed by atoms with van der Waals surface area (Å²) in [7, 11) is 0. The van der Waals surface area contributed by atoms with E-state index >= 15 is 0 Å². The Hall–Kier alpha value is -1.81. The van der Waals surface area contributed by atoms with Crippen LogP contribution in [0.15, 0.2) is 42.6 Å². The molecule has 0 fully saturated rings. The molecule has 1 aromatic carbocycles. The van der Waals surface area contributed by atoms with E-state index in [2.05, 4.69) is 4.98 Å². The summed E-state index contributed by atoms with van der Waals surface area (Å²) in [6, 6.07) is 8.74. The van der Waals surface area contributed by atoms with Crippen LogP contribution in [0.2, 0.25) is 0 Å². The van der Waals surface area contributed by atoms with Crippen LogP contribution in [0.3, 0.4) is 0 Å². The lowest BCUT2D eigenvalue weighted by molar-refractivity contribution is 0.103. The van der Waals surface area contributed by atoms with Crippen LogP contribution in [0.4, 0.5) is 4.39 Å². The fourth-order valence-electron chi connectivity index (χ4n) is 1.36. The molecule has 0 saturated heterocycles. The van der Waals surface area contributed by atoms with E-state index in [9.17, 15) is 9.18 Å². The van der Waals surface area contributed by atoms with Crippen molar-refractivity contribution in [1.29, 1.82) is 0 Å². The van der Waals surface area contributed by atoms with Crippen molar-refractivity contribution in [3.05, 3.63) is 64.2 Å². The van der Waals surface area contributed by atoms with Gasteiger partial charge >= 0.3 is 0 Å². The van der Waals surface area contributed by atoms with Crippen LogP contribution in [-0.4, -0.2) is 10.8 Å². The van der Waals surface area contributed by atoms with Gasteiger partial charge in [-0.1, -0.05) is 12.2 Å². The van der Waals surface area contributed by atoms with E-state index in [1.165, 1.54) is 24.3 Å². The Balaban J connectivity index is 2.44. The Bertz CT molecular complexity index is 574. The van der Waals surface area contributed by atoms with Gasteiger partial charge in [-0.25, -0.2) is 4.39 Å². The Morgan fingerprint density at radius 1 is 1.19 bits per heavy atom. The number of H-pyrrole nitrogens is 1. The minimum absolute atomic E-state index is 0.207. The lowest BCUT2D eigenvalue weighted by Crippen LogP contribution is -2.02. The van der Waals surface area contributed by atoms with Crippen molar-refractivity contribution in [2.75, 3.05) is 0 Å². The number of hydrogen-bond donors (Lipinski definition) is 1. The summed E-state index contributed by atoms with van der Waals surface area (Å²) < 4.78 is 13.1. The van der Waals surface area contributed by atoms with Gasteiger partial charge in [-0.05, 0) is 36.4 Å². The first-order chi connectivity index (χ1) is 7.68. The van der Waals surface area contributed by atoms with Gasteiger partial charge < -0.3 is 4.98 Å². The van der Waals surface area contributed by atoms with Gasteiger partial charge in [0.15, 0.2) is 5.78 Å². The number of benzene rings is 1. The molecule has 80 valence electrons. The molecule has 1 aromatic heterocycles. The van der Waals surface area contributed by atoms with Crippen molar-refractivity contribution in [1.82, 2.24) is 4.98 Å². The second-order valence-electron chi connectivity index (χ2n) is 3.25. The standard InChI is InChI=1S/C12H8FNOS/c13-9-5-3-8(4-6-9)11(15)10-2-1-7-14-12(10)16/h1-7H,(H,14,16). The second kappa shape index (κ2) is 4.37. The van der Waals surface area contributed by atoms with Gasteiger partial charge in [-0.2, -0.15) is 0 Å². The number of pyridine rings is 1. The third kappa shape index (κ3) is 2.06. The van der Waals surface area contributed by atoms with Crippen LogP contribution in [0.25, 0.3) is 0 Å². The van der Waals surface area contributed by atoms with Crippen molar-refractivity contribution >= 4 is 18.0 Å². The molecule has 2 nitrogen and oxygen atoms in total. The summed E-state index contributed by atoms with van der Waals surface area (Å²) in [5.41, 5.74) is 0.844. The first kappa shape index (κ1) is 10.7. The van der Waals surface area contributed by atoms with Gasteiger partial charge in [0, 0.05) is 11.8 Å². The number of aromatic nitrogens is 1. The van der Waals surface area contributed by atoms with Crippen LogP contribution in [0.5, 0.6) is 0 Å². The first-order valence-corrected chi connectivity index (χ1v) is 5.07. The lowest BCUT2D eigenvalue weighted by Gasteiger charge is -2.00. The lowest BCUT2D eigenvalue weighted by atomic mass is 10.1. The van der Waals surface area contributed by atoms with Gasteiger partial charge in [-0.3, -0.25) is 4.79 Å². The highest BCUT2D eigenvalue weighted by Gasteiger charge is 2.10. The van der Waals surface area contributed by atoms with Crippen molar-refractivity contribution < 1.29 is 9.18 Å². The second-order valence-corrected chi connectivity index (χ2v) is 3.66. The molecule has 1 N–H and O–H groups in total. The van der Waals surface area contributed by atoms with Gasteiger partial charge in [-0.15, -0.1) is 0 Å². The number of aromatic amines is 1. The van der Waals surface area contributed by atoms with E-state index in [-0.39, 0.29) is 11.6 Å². The van der Waals surface area contributed by atoms with E-state index in [1.54, 1.807) is 18.3 Å². The molecule has 0 spiro atoms. The number of carbonyl (C=O) groups excluding carboxylic acids is 1. The van der Waals surface area contributed by atoms with Crippen molar-refractivity contribution in [2.24, 2.45) is 0 Å². The van der Waals surface area contributed by atoms with E-state index in [4.69, 9.17) is 12.2 Å². The summed E-state index contributed by atoms with van der Waals surface area (Å²) in [5, 5.41) is 0. The van der Waals surface area contributed by atoms with Crippen molar-refractivity contribution in [3.8, 4) is 0 Å². The van der Waals surface area contributed by atoms with E-state index in [0.717, 1.165) is 0 Å². The monoisotopic (exact) mass is 233 g/mol. The molecule has 1 heterocycles. The van der Waals surface area contributed by atoms with Gasteiger partial charge in [0.25, 0.3) is 0 Å². The zero-order valence-electron chi connectivity index (χ0n) is 8.24. The summed E-state index contributed by atoms with van der Waals surface area (Å²) in [6.45, 7) is 0. The van der Waals surface area contributed by atoms with E-state index in [0.29, 0.717) is 15.8 Å². The Kier molecular flexibility index (Phi) is 2.92. The molecule has 0 aliphatic rings. The molecule has 4 heteroatoms. The van der Waals surface area contributed by atoms with Crippen molar-refractivity contribution in [3.63, 3.8) is 0 Å². The minimum atomic E-state index is -0.366. The Morgan fingerprint density at radius 2 is 1.88 bits per heavy atom. The van der Waals surface area contributed by atoms with E-state index < -0.39 is 0 Å². The van der Waals surface area contributed by atoms with Crippen LogP contribution in [-0.2, 0) is 0 Å².